The first-order valence-corrected chi connectivity index (χ1v) is 21.1. The van der Waals surface area contributed by atoms with Crippen molar-refractivity contribution >= 4 is 52.4 Å². The van der Waals surface area contributed by atoms with E-state index in [1.807, 2.05) is 22.5 Å². The quantitative estimate of drug-likeness (QED) is 0.278. The van der Waals surface area contributed by atoms with Crippen molar-refractivity contribution in [2.75, 3.05) is 62.7 Å². The Labute approximate surface area is 323 Å². The van der Waals surface area contributed by atoms with Crippen LogP contribution in [0.1, 0.15) is 79.1 Å². The van der Waals surface area contributed by atoms with Gasteiger partial charge >= 0.3 is 5.97 Å². The van der Waals surface area contributed by atoms with Crippen molar-refractivity contribution in [3.63, 3.8) is 0 Å². The number of carbonyl (C=O) groups excluding carboxylic acids is 3. The smallest absolute Gasteiger partial charge is 0.316 e. The van der Waals surface area contributed by atoms with Crippen LogP contribution in [0.4, 0.5) is 11.8 Å². The maximum atomic E-state index is 13.7. The normalized spacial score (nSPS) is 35.1. The lowest BCUT2D eigenvalue weighted by molar-refractivity contribution is -0.205. The summed E-state index contributed by atoms with van der Waals surface area (Å²) in [6.07, 6.45) is 7.88. The van der Waals surface area contributed by atoms with Crippen LogP contribution in [-0.4, -0.2) is 122 Å². The number of ketones is 1. The van der Waals surface area contributed by atoms with Crippen LogP contribution in [0, 0.1) is 34.0 Å². The maximum Gasteiger partial charge on any atom is 0.316 e. The number of ether oxygens (including phenoxy) is 1. The number of likely N-dealkylation sites (tertiary alicyclic amines) is 1. The second kappa shape index (κ2) is 15.0. The predicted molar refractivity (Wildman–Crippen MR) is 211 cm³/mol. The molecule has 4 heterocycles. The number of aliphatic hydroxyl groups is 1. The van der Waals surface area contributed by atoms with Crippen LogP contribution in [0.25, 0.3) is 11.2 Å². The highest BCUT2D eigenvalue weighted by atomic mass is 32.2. The molecule has 5 aliphatic rings. The number of rotatable bonds is 9. The molecule has 2 aromatic heterocycles. The molecule has 13 nitrogen and oxygen atoms in total. The van der Waals surface area contributed by atoms with Gasteiger partial charge in [-0.05, 0) is 62.8 Å². The molecule has 0 unspecified atom stereocenters. The van der Waals surface area contributed by atoms with Gasteiger partial charge < -0.3 is 34.8 Å². The summed E-state index contributed by atoms with van der Waals surface area (Å²) >= 11 is 1.60. The van der Waals surface area contributed by atoms with Gasteiger partial charge in [0.2, 0.25) is 11.9 Å². The SMILES string of the molecule is C=C[C@]1(C)C[C@@H](OC(=O)CSC2CCN(C(=O)CCn3cnc4c(N5CCN(C)CC5)nc(N)nc43)CC2)[C@]2(C)[C@H](C)CC[C@]3(CCC(=O)[C@@H]32)[C@@H](C)[C@@H]1O. The number of fused-ring (bicyclic) bond motifs is 1. The molecule has 8 atom stereocenters. The van der Waals surface area contributed by atoms with Gasteiger partial charge in [0.05, 0.1) is 18.2 Å². The molecule has 0 radical (unpaired) electrons. The topological polar surface area (TPSA) is 160 Å². The number of Topliss-reactive ketones (excluding diaryl/α,β-unsaturated/α-hetero) is 1. The van der Waals surface area contributed by atoms with Crippen LogP contribution in [0.5, 0.6) is 0 Å². The van der Waals surface area contributed by atoms with Crippen molar-refractivity contribution in [1.82, 2.24) is 29.3 Å². The lowest BCUT2D eigenvalue weighted by Crippen LogP contribution is -2.63. The molecule has 0 aromatic carbocycles. The molecule has 5 fully saturated rings. The molecule has 3 N–H and O–H groups in total. The van der Waals surface area contributed by atoms with Gasteiger partial charge in [0.1, 0.15) is 11.9 Å². The van der Waals surface area contributed by atoms with Gasteiger partial charge in [0, 0.05) is 80.7 Å². The van der Waals surface area contributed by atoms with Crippen LogP contribution in [-0.2, 0) is 25.7 Å². The number of imidazole rings is 1. The number of hydrogen-bond donors (Lipinski definition) is 2. The zero-order valence-corrected chi connectivity index (χ0v) is 33.7. The van der Waals surface area contributed by atoms with Gasteiger partial charge in [0.15, 0.2) is 17.0 Å². The molecule has 2 aliphatic heterocycles. The van der Waals surface area contributed by atoms with Gasteiger partial charge in [-0.3, -0.25) is 14.4 Å². The number of carbonyl (C=O) groups is 3. The second-order valence-electron chi connectivity index (χ2n) is 17.5. The van der Waals surface area contributed by atoms with E-state index in [4.69, 9.17) is 10.5 Å². The van der Waals surface area contributed by atoms with Crippen molar-refractivity contribution in [2.24, 2.45) is 34.0 Å². The van der Waals surface area contributed by atoms with Crippen LogP contribution in [0.15, 0.2) is 19.0 Å². The van der Waals surface area contributed by atoms with E-state index in [9.17, 15) is 19.5 Å². The van der Waals surface area contributed by atoms with E-state index in [2.05, 4.69) is 59.1 Å². The average molecular weight is 765 g/mol. The third kappa shape index (κ3) is 6.82. The Morgan fingerprint density at radius 3 is 2.52 bits per heavy atom. The van der Waals surface area contributed by atoms with Crippen molar-refractivity contribution in [2.45, 2.75) is 103 Å². The van der Waals surface area contributed by atoms with E-state index in [-0.39, 0.29) is 57.8 Å². The number of aliphatic hydroxyl groups excluding tert-OH is 1. The minimum atomic E-state index is -0.683. The molecule has 14 heteroatoms. The highest BCUT2D eigenvalue weighted by Crippen LogP contribution is 2.68. The van der Waals surface area contributed by atoms with E-state index < -0.39 is 23.0 Å². The molecule has 3 saturated carbocycles. The minimum absolute atomic E-state index is 0.0612. The molecular weight excluding hydrogens is 705 g/mol. The number of thioether (sulfide) groups is 1. The van der Waals surface area contributed by atoms with Crippen LogP contribution < -0.4 is 10.6 Å². The third-order valence-corrected chi connectivity index (χ3v) is 16.0. The van der Waals surface area contributed by atoms with Gasteiger partial charge in [-0.25, -0.2) is 4.98 Å². The van der Waals surface area contributed by atoms with E-state index in [1.165, 1.54) is 0 Å². The Morgan fingerprint density at radius 1 is 1.09 bits per heavy atom. The fraction of sp³-hybridized carbons (Fsp3) is 0.750. The fourth-order valence-corrected chi connectivity index (χ4v) is 11.9. The molecule has 296 valence electrons. The Kier molecular flexibility index (Phi) is 10.9. The number of nitrogens with zero attached hydrogens (tertiary/aromatic N) is 7. The van der Waals surface area contributed by atoms with Crippen LogP contribution in [0.2, 0.25) is 0 Å². The monoisotopic (exact) mass is 764 g/mol. The number of anilines is 2. The molecule has 1 amide bonds. The van der Waals surface area contributed by atoms with Crippen molar-refractivity contribution in [3.05, 3.63) is 19.0 Å². The van der Waals surface area contributed by atoms with E-state index in [1.54, 1.807) is 18.1 Å². The Hall–Kier alpha value is -3.23. The summed E-state index contributed by atoms with van der Waals surface area (Å²) in [5.74, 6) is 1.12. The number of amides is 1. The van der Waals surface area contributed by atoms with Gasteiger partial charge in [-0.15, -0.1) is 18.3 Å². The third-order valence-electron chi connectivity index (χ3n) is 14.6. The van der Waals surface area contributed by atoms with Gasteiger partial charge in [0.25, 0.3) is 0 Å². The molecule has 7 rings (SSSR count). The number of piperidine rings is 1. The Morgan fingerprint density at radius 2 is 1.81 bits per heavy atom. The van der Waals surface area contributed by atoms with E-state index in [0.717, 1.165) is 64.1 Å². The van der Waals surface area contributed by atoms with Gasteiger partial charge in [-0.2, -0.15) is 9.97 Å². The first kappa shape index (κ1) is 39.0. The largest absolute Gasteiger partial charge is 0.461 e. The summed E-state index contributed by atoms with van der Waals surface area (Å²) in [6.45, 7) is 17.9. The molecule has 2 bridgehead atoms. The highest BCUT2D eigenvalue weighted by molar-refractivity contribution is 8.00. The minimum Gasteiger partial charge on any atom is -0.461 e. The number of likely N-dealkylation sites (N-methyl/N-ethyl adjacent to an activating group) is 1. The zero-order valence-electron chi connectivity index (χ0n) is 32.8. The second-order valence-corrected chi connectivity index (χ2v) is 18.8. The Balaban J connectivity index is 0.937. The molecule has 3 aliphatic carbocycles. The van der Waals surface area contributed by atoms with Crippen molar-refractivity contribution in [1.29, 1.82) is 0 Å². The number of piperazine rings is 1. The van der Waals surface area contributed by atoms with Crippen molar-refractivity contribution in [3.8, 4) is 0 Å². The number of nitrogen functional groups attached to an aromatic ring is 1. The number of esters is 1. The maximum absolute atomic E-state index is 13.7. The standard InChI is InChI=1S/C40H60N8O5S/c1-7-38(4)22-29(39(5)25(2)8-13-40(26(3)34(38)52)14-9-28(49)33(39)40)53-31(51)23-54-27-10-15-46(16-11-27)30(50)12-17-48-24-42-32-35(43-37(41)44-36(32)48)47-20-18-45(6)19-21-47/h7,24-27,29,33-34,52H,1,8-23H2,2-6H3,(H2,41,43,44)/t25-,26+,29-,33-,34+,38-,39+,40+/m1/s1. The first-order valence-electron chi connectivity index (χ1n) is 20.0. The lowest BCUT2D eigenvalue weighted by Gasteiger charge is -2.61. The Bertz CT molecular complexity index is 1760. The summed E-state index contributed by atoms with van der Waals surface area (Å²) < 4.78 is 8.35. The summed E-state index contributed by atoms with van der Waals surface area (Å²) in [4.78, 5) is 60.7. The number of hydrogen-bond acceptors (Lipinski definition) is 12. The number of aromatic nitrogens is 4. The summed E-state index contributed by atoms with van der Waals surface area (Å²) in [6, 6.07) is 0. The number of nitrogens with two attached hydrogens (primary N) is 1. The molecular formula is C40H60N8O5S. The zero-order chi connectivity index (χ0) is 38.6. The molecule has 0 spiro atoms. The summed E-state index contributed by atoms with van der Waals surface area (Å²) in [7, 11) is 2.11. The lowest BCUT2D eigenvalue weighted by atomic mass is 9.44. The molecule has 2 saturated heterocycles. The molecule has 54 heavy (non-hydrogen) atoms. The van der Waals surface area contributed by atoms with Crippen LogP contribution in [0.3, 0.4) is 0 Å². The first-order chi connectivity index (χ1) is 25.7. The predicted octanol–water partition coefficient (Wildman–Crippen LogP) is 4.18. The average Bonchev–Trinajstić information content (AvgIpc) is 3.74. The van der Waals surface area contributed by atoms with Crippen LogP contribution >= 0.6 is 11.8 Å². The van der Waals surface area contributed by atoms with E-state index >= 15 is 0 Å². The fourth-order valence-electron chi connectivity index (χ4n) is 10.9. The van der Waals surface area contributed by atoms with E-state index in [0.29, 0.717) is 50.1 Å². The van der Waals surface area contributed by atoms with Gasteiger partial charge in [-0.1, -0.05) is 33.8 Å². The van der Waals surface area contributed by atoms with Crippen molar-refractivity contribution < 1.29 is 24.2 Å². The number of aryl methyl sites for hydroxylation is 1. The summed E-state index contributed by atoms with van der Waals surface area (Å²) in [5, 5.41) is 12.0. The molecule has 2 aromatic rings. The highest BCUT2D eigenvalue weighted by Gasteiger charge is 2.68. The summed E-state index contributed by atoms with van der Waals surface area (Å²) in [5.41, 5.74) is 6.00.